The molecule has 140 valence electrons. The third kappa shape index (κ3) is 4.22. The summed E-state index contributed by atoms with van der Waals surface area (Å²) < 4.78 is 27.7. The minimum absolute atomic E-state index is 0.00988. The number of benzene rings is 1. The minimum atomic E-state index is -0.642. The van der Waals surface area contributed by atoms with Crippen LogP contribution in [-0.2, 0) is 4.89 Å². The molecule has 0 aromatic heterocycles. The van der Waals surface area contributed by atoms with Gasteiger partial charge in [0.15, 0.2) is 0 Å². The number of hydrogen-bond donors (Lipinski definition) is 1. The summed E-state index contributed by atoms with van der Waals surface area (Å²) >= 11 is 0. The van der Waals surface area contributed by atoms with Gasteiger partial charge in [0, 0.05) is 5.56 Å². The lowest BCUT2D eigenvalue weighted by molar-refractivity contribution is -0.296. The first-order valence-electron chi connectivity index (χ1n) is 9.75. The summed E-state index contributed by atoms with van der Waals surface area (Å²) in [4.78, 5) is 4.69. The first-order chi connectivity index (χ1) is 12.0. The Morgan fingerprint density at radius 1 is 0.920 bits per heavy atom. The molecule has 0 bridgehead atoms. The van der Waals surface area contributed by atoms with Crippen LogP contribution in [0.1, 0.15) is 75.5 Å². The van der Waals surface area contributed by atoms with Crippen LogP contribution in [0.25, 0.3) is 0 Å². The molecule has 1 unspecified atom stereocenters. The standard InChI is InChI=1S/C21H30F2O2/c1-13-3-5-15(6-4-13)16-7-9-17(10-8-16)21(25-24)18-11-19(22)14(2)20(23)12-18/h11-13,15-17,21,24H,3-10H2,1-2H3. The van der Waals surface area contributed by atoms with Crippen molar-refractivity contribution in [3.63, 3.8) is 0 Å². The number of hydrogen-bond acceptors (Lipinski definition) is 2. The van der Waals surface area contributed by atoms with Crippen LogP contribution in [-0.4, -0.2) is 5.26 Å². The monoisotopic (exact) mass is 352 g/mol. The third-order valence-corrected chi connectivity index (χ3v) is 6.72. The van der Waals surface area contributed by atoms with Crippen LogP contribution in [0.5, 0.6) is 0 Å². The van der Waals surface area contributed by atoms with Crippen LogP contribution in [0.4, 0.5) is 8.78 Å². The van der Waals surface area contributed by atoms with E-state index >= 15 is 0 Å². The van der Waals surface area contributed by atoms with Crippen molar-refractivity contribution in [2.45, 2.75) is 71.3 Å². The second-order valence-electron chi connectivity index (χ2n) is 8.33. The van der Waals surface area contributed by atoms with Crippen LogP contribution >= 0.6 is 0 Å². The first kappa shape index (κ1) is 18.8. The molecule has 1 N–H and O–H groups in total. The second kappa shape index (κ2) is 8.13. The molecule has 0 spiro atoms. The SMILES string of the molecule is Cc1c(F)cc(C(OO)C2CCC(C3CCC(C)CC3)CC2)cc1F. The number of halogens is 2. The van der Waals surface area contributed by atoms with Crippen molar-refractivity contribution in [1.82, 2.24) is 0 Å². The van der Waals surface area contributed by atoms with Crippen molar-refractivity contribution >= 4 is 0 Å². The summed E-state index contributed by atoms with van der Waals surface area (Å²) in [7, 11) is 0. The molecule has 2 nitrogen and oxygen atoms in total. The van der Waals surface area contributed by atoms with Crippen LogP contribution in [0.2, 0.25) is 0 Å². The van der Waals surface area contributed by atoms with Gasteiger partial charge in [-0.05, 0) is 86.8 Å². The van der Waals surface area contributed by atoms with Crippen LogP contribution < -0.4 is 0 Å². The maximum Gasteiger partial charge on any atom is 0.129 e. The predicted molar refractivity (Wildman–Crippen MR) is 94.1 cm³/mol. The zero-order chi connectivity index (χ0) is 18.0. The smallest absolute Gasteiger partial charge is 0.129 e. The van der Waals surface area contributed by atoms with Gasteiger partial charge in [-0.2, -0.15) is 0 Å². The Labute approximate surface area is 149 Å². The summed E-state index contributed by atoms with van der Waals surface area (Å²) in [5, 5.41) is 9.38. The molecule has 2 saturated carbocycles. The van der Waals surface area contributed by atoms with Gasteiger partial charge in [-0.25, -0.2) is 13.7 Å². The molecular weight excluding hydrogens is 322 g/mol. The van der Waals surface area contributed by atoms with E-state index in [2.05, 4.69) is 11.8 Å². The van der Waals surface area contributed by atoms with Gasteiger partial charge in [0.25, 0.3) is 0 Å². The molecule has 1 aromatic rings. The van der Waals surface area contributed by atoms with Gasteiger partial charge in [-0.3, -0.25) is 5.26 Å². The Morgan fingerprint density at radius 3 is 1.88 bits per heavy atom. The van der Waals surface area contributed by atoms with Gasteiger partial charge >= 0.3 is 0 Å². The molecule has 2 aliphatic carbocycles. The zero-order valence-corrected chi connectivity index (χ0v) is 15.3. The quantitative estimate of drug-likeness (QED) is 0.499. The molecule has 0 radical (unpaired) electrons. The Morgan fingerprint density at radius 2 is 1.40 bits per heavy atom. The van der Waals surface area contributed by atoms with E-state index in [4.69, 9.17) is 0 Å². The van der Waals surface area contributed by atoms with E-state index in [1.165, 1.54) is 44.7 Å². The maximum absolute atomic E-state index is 13.9. The fourth-order valence-electron chi connectivity index (χ4n) is 4.92. The fraction of sp³-hybridized carbons (Fsp3) is 0.714. The molecule has 25 heavy (non-hydrogen) atoms. The van der Waals surface area contributed by atoms with Crippen molar-refractivity contribution in [1.29, 1.82) is 0 Å². The average molecular weight is 352 g/mol. The lowest BCUT2D eigenvalue weighted by atomic mass is 9.68. The van der Waals surface area contributed by atoms with Crippen molar-refractivity contribution in [2.75, 3.05) is 0 Å². The molecule has 0 heterocycles. The molecule has 0 saturated heterocycles. The highest BCUT2D eigenvalue weighted by atomic mass is 19.1. The van der Waals surface area contributed by atoms with E-state index < -0.39 is 17.7 Å². The first-order valence-corrected chi connectivity index (χ1v) is 9.75. The van der Waals surface area contributed by atoms with E-state index in [0.717, 1.165) is 43.4 Å². The fourth-order valence-corrected chi connectivity index (χ4v) is 4.92. The molecule has 1 aromatic carbocycles. The van der Waals surface area contributed by atoms with E-state index in [1.54, 1.807) is 0 Å². The van der Waals surface area contributed by atoms with E-state index in [1.807, 2.05) is 0 Å². The van der Waals surface area contributed by atoms with Gasteiger partial charge in [0.05, 0.1) is 0 Å². The van der Waals surface area contributed by atoms with Crippen molar-refractivity contribution in [2.24, 2.45) is 23.7 Å². The third-order valence-electron chi connectivity index (χ3n) is 6.72. The minimum Gasteiger partial charge on any atom is -0.251 e. The maximum atomic E-state index is 13.9. The Hall–Kier alpha value is -1.00. The highest BCUT2D eigenvalue weighted by Crippen LogP contribution is 2.45. The highest BCUT2D eigenvalue weighted by molar-refractivity contribution is 5.27. The van der Waals surface area contributed by atoms with Crippen molar-refractivity contribution in [3.8, 4) is 0 Å². The van der Waals surface area contributed by atoms with E-state index in [-0.39, 0.29) is 11.5 Å². The van der Waals surface area contributed by atoms with Gasteiger partial charge in [0.1, 0.15) is 17.7 Å². The molecule has 2 fully saturated rings. The molecule has 1 atom stereocenters. The van der Waals surface area contributed by atoms with Crippen LogP contribution in [0.3, 0.4) is 0 Å². The van der Waals surface area contributed by atoms with Crippen LogP contribution in [0, 0.1) is 42.2 Å². The molecule has 0 amide bonds. The van der Waals surface area contributed by atoms with Gasteiger partial charge in [-0.1, -0.05) is 19.8 Å². The summed E-state index contributed by atoms with van der Waals surface area (Å²) in [6.07, 6.45) is 8.86. The largest absolute Gasteiger partial charge is 0.251 e. The molecule has 0 aliphatic heterocycles. The van der Waals surface area contributed by atoms with Gasteiger partial charge in [0.2, 0.25) is 0 Å². The second-order valence-corrected chi connectivity index (χ2v) is 8.33. The average Bonchev–Trinajstić information content (AvgIpc) is 2.61. The summed E-state index contributed by atoms with van der Waals surface area (Å²) in [6.45, 7) is 3.76. The zero-order valence-electron chi connectivity index (χ0n) is 15.3. The highest BCUT2D eigenvalue weighted by Gasteiger charge is 2.34. The number of rotatable bonds is 4. The van der Waals surface area contributed by atoms with Gasteiger partial charge < -0.3 is 0 Å². The molecule has 4 heteroatoms. The van der Waals surface area contributed by atoms with E-state index in [9.17, 15) is 14.0 Å². The Bertz CT molecular complexity index is 550. The van der Waals surface area contributed by atoms with Crippen molar-refractivity contribution < 1.29 is 18.9 Å². The normalized spacial score (nSPS) is 31.7. The van der Waals surface area contributed by atoms with Gasteiger partial charge in [-0.15, -0.1) is 0 Å². The van der Waals surface area contributed by atoms with Crippen LogP contribution in [0.15, 0.2) is 12.1 Å². The summed E-state index contributed by atoms with van der Waals surface area (Å²) in [5.41, 5.74) is 0.411. The Balaban J connectivity index is 1.62. The van der Waals surface area contributed by atoms with E-state index in [0.29, 0.717) is 5.56 Å². The lowest BCUT2D eigenvalue weighted by Crippen LogP contribution is -2.28. The molecule has 2 aliphatic rings. The topological polar surface area (TPSA) is 29.5 Å². The summed E-state index contributed by atoms with van der Waals surface area (Å²) in [5.74, 6) is 1.41. The predicted octanol–water partition coefficient (Wildman–Crippen LogP) is 6.44. The molecule has 3 rings (SSSR count). The Kier molecular flexibility index (Phi) is 6.11. The lowest BCUT2D eigenvalue weighted by Gasteiger charge is -2.38. The molecular formula is C21H30F2O2. The summed E-state index contributed by atoms with van der Waals surface area (Å²) in [6, 6.07) is 2.60. The van der Waals surface area contributed by atoms with Crippen molar-refractivity contribution in [3.05, 3.63) is 34.9 Å².